The number of carbonyl (C=O) groups excluding carboxylic acids is 2. The van der Waals surface area contributed by atoms with Crippen LogP contribution >= 0.6 is 11.3 Å². The molecule has 0 atom stereocenters. The normalized spacial score (nSPS) is 11.2. The van der Waals surface area contributed by atoms with Gasteiger partial charge in [0, 0.05) is 5.69 Å². The van der Waals surface area contributed by atoms with Gasteiger partial charge in [-0.2, -0.15) is 10.4 Å². The van der Waals surface area contributed by atoms with Crippen molar-refractivity contribution in [3.05, 3.63) is 76.2 Å². The van der Waals surface area contributed by atoms with E-state index in [0.717, 1.165) is 5.56 Å². The standard InChI is InChI=1S/C25H23N5O2S/c1-25(2,3)17-9-7-15(8-10-17)12-21(31)28-22-19-13-20(33-24(19)30-29-22)23(32)27-18-6-4-5-16(11-18)14-26/h4-11,13H,12H2,1-3H3,(H,27,32)(H2,28,29,30,31). The van der Waals surface area contributed by atoms with E-state index in [1.54, 1.807) is 30.3 Å². The summed E-state index contributed by atoms with van der Waals surface area (Å²) in [6.07, 6.45) is 0.234. The number of hydrogen-bond acceptors (Lipinski definition) is 5. The first-order valence-electron chi connectivity index (χ1n) is 10.4. The van der Waals surface area contributed by atoms with Crippen molar-refractivity contribution in [3.63, 3.8) is 0 Å². The Kier molecular flexibility index (Phi) is 5.99. The van der Waals surface area contributed by atoms with Crippen LogP contribution in [0.2, 0.25) is 0 Å². The van der Waals surface area contributed by atoms with E-state index in [2.05, 4.69) is 41.6 Å². The van der Waals surface area contributed by atoms with Crippen molar-refractivity contribution in [3.8, 4) is 6.07 Å². The van der Waals surface area contributed by atoms with Gasteiger partial charge in [-0.15, -0.1) is 11.3 Å². The molecule has 0 radical (unpaired) electrons. The van der Waals surface area contributed by atoms with Crippen LogP contribution in [0.25, 0.3) is 10.2 Å². The molecule has 0 aliphatic rings. The average molecular weight is 458 g/mol. The lowest BCUT2D eigenvalue weighted by molar-refractivity contribution is -0.115. The highest BCUT2D eigenvalue weighted by molar-refractivity contribution is 7.20. The van der Waals surface area contributed by atoms with Crippen LogP contribution in [0.15, 0.2) is 54.6 Å². The van der Waals surface area contributed by atoms with Crippen LogP contribution in [-0.2, 0) is 16.6 Å². The molecule has 0 saturated carbocycles. The van der Waals surface area contributed by atoms with Crippen LogP contribution < -0.4 is 10.6 Å². The number of carbonyl (C=O) groups is 2. The smallest absolute Gasteiger partial charge is 0.265 e. The Morgan fingerprint density at radius 3 is 2.55 bits per heavy atom. The number of aromatic amines is 1. The molecule has 0 aliphatic heterocycles. The van der Waals surface area contributed by atoms with Crippen LogP contribution in [0.5, 0.6) is 0 Å². The second kappa shape index (κ2) is 8.88. The molecule has 4 rings (SSSR count). The molecule has 0 bridgehead atoms. The molecule has 2 heterocycles. The molecule has 0 unspecified atom stereocenters. The van der Waals surface area contributed by atoms with Crippen LogP contribution in [-0.4, -0.2) is 22.0 Å². The van der Waals surface area contributed by atoms with E-state index in [0.29, 0.717) is 32.2 Å². The largest absolute Gasteiger partial charge is 0.321 e. The number of hydrogen-bond donors (Lipinski definition) is 3. The molecule has 0 spiro atoms. The fourth-order valence-electron chi connectivity index (χ4n) is 3.37. The Morgan fingerprint density at radius 1 is 1.09 bits per heavy atom. The van der Waals surface area contributed by atoms with Gasteiger partial charge in [-0.05, 0) is 40.8 Å². The summed E-state index contributed by atoms with van der Waals surface area (Å²) in [5, 5.41) is 22.4. The van der Waals surface area contributed by atoms with Crippen molar-refractivity contribution in [2.75, 3.05) is 10.6 Å². The fraction of sp³-hybridized carbons (Fsp3) is 0.200. The number of rotatable bonds is 5. The summed E-state index contributed by atoms with van der Waals surface area (Å²) in [5.74, 6) is -0.0121. The highest BCUT2D eigenvalue weighted by atomic mass is 32.1. The van der Waals surface area contributed by atoms with Crippen molar-refractivity contribution in [1.29, 1.82) is 5.26 Å². The lowest BCUT2D eigenvalue weighted by atomic mass is 9.86. The number of benzene rings is 2. The van der Waals surface area contributed by atoms with Crippen LogP contribution in [0.1, 0.15) is 47.1 Å². The highest BCUT2D eigenvalue weighted by Gasteiger charge is 2.17. The molecule has 2 aromatic heterocycles. The number of thiophene rings is 1. The summed E-state index contributed by atoms with van der Waals surface area (Å²) in [5.41, 5.74) is 3.19. The third kappa shape index (κ3) is 5.10. The first-order valence-corrected chi connectivity index (χ1v) is 11.2. The topological polar surface area (TPSA) is 111 Å². The number of nitrogens with zero attached hydrogens (tertiary/aromatic N) is 2. The van der Waals surface area contributed by atoms with Crippen molar-refractivity contribution in [2.45, 2.75) is 32.6 Å². The van der Waals surface area contributed by atoms with E-state index >= 15 is 0 Å². The van der Waals surface area contributed by atoms with Gasteiger partial charge in [0.1, 0.15) is 10.6 Å². The third-order valence-electron chi connectivity index (χ3n) is 5.17. The third-order valence-corrected chi connectivity index (χ3v) is 6.20. The Balaban J connectivity index is 1.44. The molecule has 2 amide bonds. The molecule has 33 heavy (non-hydrogen) atoms. The number of aromatic nitrogens is 2. The SMILES string of the molecule is CC(C)(C)c1ccc(CC(=O)Nc2[nH]nc3sc(C(=O)Nc4cccc(C#N)c4)cc23)cc1. The summed E-state index contributed by atoms with van der Waals surface area (Å²) >= 11 is 1.22. The van der Waals surface area contributed by atoms with Crippen LogP contribution in [0.3, 0.4) is 0 Å². The number of H-pyrrole nitrogens is 1. The minimum absolute atomic E-state index is 0.0593. The van der Waals surface area contributed by atoms with E-state index < -0.39 is 0 Å². The second-order valence-corrected chi connectivity index (χ2v) is 9.78. The molecule has 2 aromatic carbocycles. The zero-order valence-corrected chi connectivity index (χ0v) is 19.3. The lowest BCUT2D eigenvalue weighted by Gasteiger charge is -2.19. The van der Waals surface area contributed by atoms with Crippen LogP contribution in [0, 0.1) is 11.3 Å². The fourth-order valence-corrected chi connectivity index (χ4v) is 4.26. The van der Waals surface area contributed by atoms with Gasteiger partial charge in [-0.1, -0.05) is 51.1 Å². The van der Waals surface area contributed by atoms with E-state index in [4.69, 9.17) is 5.26 Å². The van der Waals surface area contributed by atoms with E-state index in [9.17, 15) is 9.59 Å². The van der Waals surface area contributed by atoms with Gasteiger partial charge >= 0.3 is 0 Å². The first-order chi connectivity index (χ1) is 15.7. The van der Waals surface area contributed by atoms with Gasteiger partial charge in [-0.3, -0.25) is 14.7 Å². The number of nitrogens with one attached hydrogen (secondary N) is 3. The van der Waals surface area contributed by atoms with E-state index in [1.807, 2.05) is 30.3 Å². The molecule has 166 valence electrons. The molecular formula is C25H23N5O2S. The zero-order chi connectivity index (χ0) is 23.6. The Labute approximate surface area is 195 Å². The van der Waals surface area contributed by atoms with Gasteiger partial charge in [-0.25, -0.2) is 0 Å². The highest BCUT2D eigenvalue weighted by Crippen LogP contribution is 2.30. The predicted octanol–water partition coefficient (Wildman–Crippen LogP) is 5.23. The summed E-state index contributed by atoms with van der Waals surface area (Å²) in [6, 6.07) is 18.5. The summed E-state index contributed by atoms with van der Waals surface area (Å²) < 4.78 is 0. The molecule has 7 nitrogen and oxygen atoms in total. The van der Waals surface area contributed by atoms with Gasteiger partial charge in [0.15, 0.2) is 0 Å². The van der Waals surface area contributed by atoms with Gasteiger partial charge in [0.2, 0.25) is 5.91 Å². The average Bonchev–Trinajstić information content (AvgIpc) is 3.36. The monoisotopic (exact) mass is 457 g/mol. The lowest BCUT2D eigenvalue weighted by Crippen LogP contribution is -2.15. The Morgan fingerprint density at radius 2 is 1.85 bits per heavy atom. The Hall–Kier alpha value is -3.96. The maximum atomic E-state index is 12.6. The van der Waals surface area contributed by atoms with E-state index in [-0.39, 0.29) is 23.7 Å². The van der Waals surface area contributed by atoms with Crippen molar-refractivity contribution in [2.24, 2.45) is 0 Å². The second-order valence-electron chi connectivity index (χ2n) is 8.75. The summed E-state index contributed by atoms with van der Waals surface area (Å²) in [4.78, 5) is 26.3. The van der Waals surface area contributed by atoms with Gasteiger partial charge in [0.25, 0.3) is 5.91 Å². The quantitative estimate of drug-likeness (QED) is 0.381. The maximum absolute atomic E-state index is 12.6. The number of fused-ring (bicyclic) bond motifs is 1. The minimum Gasteiger partial charge on any atom is -0.321 e. The zero-order valence-electron chi connectivity index (χ0n) is 18.5. The van der Waals surface area contributed by atoms with Gasteiger partial charge in [0.05, 0.1) is 28.3 Å². The molecule has 0 fully saturated rings. The van der Waals surface area contributed by atoms with Crippen LogP contribution in [0.4, 0.5) is 11.5 Å². The Bertz CT molecular complexity index is 1370. The molecule has 4 aromatic rings. The van der Waals surface area contributed by atoms with Gasteiger partial charge < -0.3 is 10.6 Å². The predicted molar refractivity (Wildman–Crippen MR) is 131 cm³/mol. The minimum atomic E-state index is -0.302. The molecule has 3 N–H and O–H groups in total. The molecule has 8 heteroatoms. The first kappa shape index (κ1) is 22.2. The van der Waals surface area contributed by atoms with Crippen molar-refractivity contribution < 1.29 is 9.59 Å². The summed E-state index contributed by atoms with van der Waals surface area (Å²) in [7, 11) is 0. The number of amides is 2. The molecule has 0 aliphatic carbocycles. The molecule has 0 saturated heterocycles. The van der Waals surface area contributed by atoms with Crippen molar-refractivity contribution in [1.82, 2.24) is 10.2 Å². The number of anilines is 2. The van der Waals surface area contributed by atoms with Crippen molar-refractivity contribution >= 4 is 44.9 Å². The maximum Gasteiger partial charge on any atom is 0.265 e. The summed E-state index contributed by atoms with van der Waals surface area (Å²) in [6.45, 7) is 6.45. The number of nitriles is 1. The van der Waals surface area contributed by atoms with E-state index in [1.165, 1.54) is 16.9 Å². The molecular weight excluding hydrogens is 434 g/mol.